The Hall–Kier alpha value is -2.23. The lowest BCUT2D eigenvalue weighted by atomic mass is 10.3. The summed E-state index contributed by atoms with van der Waals surface area (Å²) >= 11 is 1.28. The van der Waals surface area contributed by atoms with Crippen LogP contribution in [0.2, 0.25) is 0 Å². The van der Waals surface area contributed by atoms with Crippen molar-refractivity contribution in [3.63, 3.8) is 0 Å². The number of hydrogen-bond acceptors (Lipinski definition) is 6. The fourth-order valence-electron chi connectivity index (χ4n) is 2.50. The highest BCUT2D eigenvalue weighted by molar-refractivity contribution is 7.22. The molecular formula is C17H21ClFN5O2S. The fourth-order valence-corrected chi connectivity index (χ4v) is 3.51. The molecule has 27 heavy (non-hydrogen) atoms. The van der Waals surface area contributed by atoms with Gasteiger partial charge in [0.25, 0.3) is 5.91 Å². The highest BCUT2D eigenvalue weighted by atomic mass is 35.5. The van der Waals surface area contributed by atoms with Crippen molar-refractivity contribution in [2.24, 2.45) is 7.05 Å². The molecule has 3 aromatic rings. The number of halogens is 2. The second-order valence-electron chi connectivity index (χ2n) is 6.09. The topological polar surface area (TPSA) is 63.5 Å². The zero-order valence-electron chi connectivity index (χ0n) is 15.5. The second-order valence-corrected chi connectivity index (χ2v) is 7.10. The van der Waals surface area contributed by atoms with Crippen molar-refractivity contribution in [2.45, 2.75) is 0 Å². The molecule has 0 atom stereocenters. The molecule has 146 valence electrons. The molecular weight excluding hydrogens is 393 g/mol. The van der Waals surface area contributed by atoms with E-state index in [0.29, 0.717) is 34.0 Å². The van der Waals surface area contributed by atoms with Crippen LogP contribution in [0, 0.1) is 5.82 Å². The van der Waals surface area contributed by atoms with Crippen molar-refractivity contribution in [1.82, 2.24) is 19.7 Å². The molecule has 2 heterocycles. The molecule has 7 nitrogen and oxygen atoms in total. The van der Waals surface area contributed by atoms with Crippen molar-refractivity contribution in [1.29, 1.82) is 0 Å². The van der Waals surface area contributed by atoms with E-state index in [4.69, 9.17) is 4.74 Å². The van der Waals surface area contributed by atoms with E-state index in [1.165, 1.54) is 35.3 Å². The van der Waals surface area contributed by atoms with Crippen LogP contribution in [-0.4, -0.2) is 59.9 Å². The molecule has 0 saturated carbocycles. The number of rotatable bonds is 6. The zero-order chi connectivity index (χ0) is 18.8. The number of thiazole rings is 1. The highest BCUT2D eigenvalue weighted by Gasteiger charge is 2.26. The van der Waals surface area contributed by atoms with Crippen LogP contribution in [0.1, 0.15) is 10.4 Å². The number of aromatic nitrogens is 3. The summed E-state index contributed by atoms with van der Waals surface area (Å²) in [5.74, 6) is -0.316. The minimum absolute atomic E-state index is 0. The largest absolute Gasteiger partial charge is 0.479 e. The number of amides is 1. The number of aryl methyl sites for hydroxylation is 1. The van der Waals surface area contributed by atoms with Gasteiger partial charge in [0.15, 0.2) is 5.13 Å². The molecule has 0 bridgehead atoms. The molecule has 0 unspecified atom stereocenters. The molecule has 0 aliphatic rings. The van der Waals surface area contributed by atoms with Gasteiger partial charge in [-0.15, -0.1) is 17.5 Å². The van der Waals surface area contributed by atoms with Crippen molar-refractivity contribution >= 4 is 45.0 Å². The molecule has 0 aliphatic heterocycles. The lowest BCUT2D eigenvalue weighted by molar-refractivity contribution is 0.0982. The summed E-state index contributed by atoms with van der Waals surface area (Å²) in [6, 6.07) is 4.40. The van der Waals surface area contributed by atoms with Crippen molar-refractivity contribution in [3.05, 3.63) is 35.8 Å². The molecule has 0 N–H and O–H groups in total. The van der Waals surface area contributed by atoms with Gasteiger partial charge in [-0.3, -0.25) is 14.4 Å². The Morgan fingerprint density at radius 1 is 1.33 bits per heavy atom. The van der Waals surface area contributed by atoms with E-state index in [-0.39, 0.29) is 30.0 Å². The lowest BCUT2D eigenvalue weighted by Crippen LogP contribution is -2.36. The normalized spacial score (nSPS) is 10.9. The van der Waals surface area contributed by atoms with Gasteiger partial charge in [-0.05, 0) is 32.3 Å². The van der Waals surface area contributed by atoms with Crippen LogP contribution in [0.3, 0.4) is 0 Å². The Kier molecular flexibility index (Phi) is 6.74. The first kappa shape index (κ1) is 21.1. The highest BCUT2D eigenvalue weighted by Crippen LogP contribution is 2.31. The first-order valence-corrected chi connectivity index (χ1v) is 8.81. The maximum atomic E-state index is 13.5. The third-order valence-corrected chi connectivity index (χ3v) is 4.85. The van der Waals surface area contributed by atoms with Crippen molar-refractivity contribution < 1.29 is 13.9 Å². The average molecular weight is 414 g/mol. The smallest absolute Gasteiger partial charge is 0.267 e. The van der Waals surface area contributed by atoms with Crippen LogP contribution in [0.15, 0.2) is 24.4 Å². The molecule has 0 radical (unpaired) electrons. The Morgan fingerprint density at radius 3 is 2.74 bits per heavy atom. The SMILES string of the molecule is COc1nn(C)cc1C(=O)N(CCN(C)C)c1nc2ccc(F)cc2s1.Cl. The zero-order valence-corrected chi connectivity index (χ0v) is 17.1. The van der Waals surface area contributed by atoms with E-state index >= 15 is 0 Å². The fraction of sp³-hybridized carbons (Fsp3) is 0.353. The van der Waals surface area contributed by atoms with Crippen LogP contribution >= 0.6 is 23.7 Å². The number of carbonyl (C=O) groups is 1. The second kappa shape index (κ2) is 8.64. The minimum atomic E-state index is -0.326. The van der Waals surface area contributed by atoms with Gasteiger partial charge in [-0.2, -0.15) is 0 Å². The van der Waals surface area contributed by atoms with Crippen LogP contribution in [0.25, 0.3) is 10.2 Å². The van der Waals surface area contributed by atoms with Crippen LogP contribution in [-0.2, 0) is 7.05 Å². The number of methoxy groups -OCH3 is 1. The first-order chi connectivity index (χ1) is 12.4. The molecule has 2 aromatic heterocycles. The van der Waals surface area contributed by atoms with Crippen LogP contribution in [0.5, 0.6) is 5.88 Å². The number of ether oxygens (including phenoxy) is 1. The molecule has 1 amide bonds. The summed E-state index contributed by atoms with van der Waals surface area (Å²) in [5.41, 5.74) is 1.02. The van der Waals surface area contributed by atoms with Crippen LogP contribution < -0.4 is 9.64 Å². The minimum Gasteiger partial charge on any atom is -0.479 e. The van der Waals surface area contributed by atoms with Gasteiger partial charge in [0.2, 0.25) is 5.88 Å². The molecule has 1 aromatic carbocycles. The van der Waals surface area contributed by atoms with Crippen molar-refractivity contribution in [3.8, 4) is 5.88 Å². The van der Waals surface area contributed by atoms with Gasteiger partial charge in [0.05, 0.1) is 17.3 Å². The summed E-state index contributed by atoms with van der Waals surface area (Å²) in [6.45, 7) is 1.09. The van der Waals surface area contributed by atoms with E-state index in [1.54, 1.807) is 24.2 Å². The van der Waals surface area contributed by atoms with Crippen molar-refractivity contribution in [2.75, 3.05) is 39.2 Å². The Bertz CT molecular complexity index is 943. The molecule has 3 rings (SSSR count). The van der Waals surface area contributed by atoms with Gasteiger partial charge in [0.1, 0.15) is 11.4 Å². The summed E-state index contributed by atoms with van der Waals surface area (Å²) in [6.07, 6.45) is 1.62. The number of fused-ring (bicyclic) bond motifs is 1. The third-order valence-electron chi connectivity index (χ3n) is 3.80. The first-order valence-electron chi connectivity index (χ1n) is 7.99. The summed E-state index contributed by atoms with van der Waals surface area (Å²) in [5, 5.41) is 4.66. The molecule has 0 saturated heterocycles. The number of benzene rings is 1. The Labute approximate surface area is 166 Å². The molecule has 0 spiro atoms. The predicted molar refractivity (Wildman–Crippen MR) is 107 cm³/mol. The van der Waals surface area contributed by atoms with E-state index < -0.39 is 0 Å². The molecule has 10 heteroatoms. The maximum Gasteiger partial charge on any atom is 0.267 e. The summed E-state index contributed by atoms with van der Waals surface area (Å²) in [4.78, 5) is 21.2. The van der Waals surface area contributed by atoms with Gasteiger partial charge in [-0.25, -0.2) is 9.37 Å². The number of carbonyl (C=O) groups excluding carboxylic acids is 1. The van der Waals surface area contributed by atoms with E-state index in [9.17, 15) is 9.18 Å². The monoisotopic (exact) mass is 413 g/mol. The lowest BCUT2D eigenvalue weighted by Gasteiger charge is -2.21. The number of anilines is 1. The average Bonchev–Trinajstić information content (AvgIpc) is 3.17. The van der Waals surface area contributed by atoms with Gasteiger partial charge in [-0.1, -0.05) is 11.3 Å². The summed E-state index contributed by atoms with van der Waals surface area (Å²) in [7, 11) is 7.07. The van der Waals surface area contributed by atoms with E-state index in [1.807, 2.05) is 19.0 Å². The van der Waals surface area contributed by atoms with Gasteiger partial charge >= 0.3 is 0 Å². The summed E-state index contributed by atoms with van der Waals surface area (Å²) < 4.78 is 20.9. The predicted octanol–water partition coefficient (Wildman–Crippen LogP) is 2.81. The standard InChI is InChI=1S/C17H20FN5O2S.ClH/c1-21(2)7-8-23(16(24)12-10-22(3)20-15(12)25-4)17-19-13-6-5-11(18)9-14(13)26-17;/h5-6,9-10H,7-8H2,1-4H3;1H. The molecule has 0 aliphatic carbocycles. The number of hydrogen-bond donors (Lipinski definition) is 0. The van der Waals surface area contributed by atoms with Crippen LogP contribution in [0.4, 0.5) is 9.52 Å². The maximum absolute atomic E-state index is 13.5. The third kappa shape index (κ3) is 4.55. The van der Waals surface area contributed by atoms with Gasteiger partial charge < -0.3 is 9.64 Å². The Balaban J connectivity index is 0.00000261. The number of nitrogens with zero attached hydrogens (tertiary/aromatic N) is 5. The molecule has 0 fully saturated rings. The van der Waals surface area contributed by atoms with Gasteiger partial charge in [0, 0.05) is 26.3 Å². The Morgan fingerprint density at radius 2 is 2.07 bits per heavy atom. The van der Waals surface area contributed by atoms with E-state index in [2.05, 4.69) is 10.1 Å². The quantitative estimate of drug-likeness (QED) is 0.621. The number of likely N-dealkylation sites (N-methyl/N-ethyl adjacent to an activating group) is 1. The van der Waals surface area contributed by atoms with E-state index in [0.717, 1.165) is 0 Å².